The first kappa shape index (κ1) is 14.7. The van der Waals surface area contributed by atoms with Crippen molar-refractivity contribution >= 4 is 5.91 Å². The van der Waals surface area contributed by atoms with E-state index in [2.05, 4.69) is 11.1 Å². The molecule has 0 fully saturated rings. The molecule has 0 aliphatic heterocycles. The fourth-order valence-corrected chi connectivity index (χ4v) is 2.12. The zero-order chi connectivity index (χ0) is 15.1. The third kappa shape index (κ3) is 4.15. The number of aromatic nitrogens is 1. The lowest BCUT2D eigenvalue weighted by Crippen LogP contribution is -2.33. The second-order valence-electron chi connectivity index (χ2n) is 4.89. The van der Waals surface area contributed by atoms with Crippen molar-refractivity contribution < 1.29 is 4.79 Å². The summed E-state index contributed by atoms with van der Waals surface area (Å²) < 4.78 is 0. The van der Waals surface area contributed by atoms with Gasteiger partial charge >= 0.3 is 0 Å². The minimum Gasteiger partial charge on any atom is -0.339 e. The lowest BCUT2D eigenvalue weighted by atomic mass is 9.99. The van der Waals surface area contributed by atoms with Crippen LogP contribution in [0.3, 0.4) is 0 Å². The zero-order valence-electron chi connectivity index (χ0n) is 11.9. The number of rotatable bonds is 5. The number of carbonyl (C=O) groups excluding carboxylic acids is 1. The van der Waals surface area contributed by atoms with Crippen LogP contribution in [0.4, 0.5) is 0 Å². The zero-order valence-corrected chi connectivity index (χ0v) is 11.9. The maximum Gasteiger partial charge on any atom is 0.240 e. The van der Waals surface area contributed by atoms with E-state index >= 15 is 0 Å². The van der Waals surface area contributed by atoms with E-state index < -0.39 is 5.92 Å². The number of amides is 1. The van der Waals surface area contributed by atoms with E-state index in [1.54, 1.807) is 18.1 Å². The number of nitrogens with zero attached hydrogens (tertiary/aromatic N) is 3. The topological polar surface area (TPSA) is 57.0 Å². The second-order valence-corrected chi connectivity index (χ2v) is 4.89. The molecule has 1 atom stereocenters. The van der Waals surface area contributed by atoms with Crippen LogP contribution >= 0.6 is 0 Å². The van der Waals surface area contributed by atoms with Gasteiger partial charge in [-0.05, 0) is 24.1 Å². The fraction of sp³-hybridized carbons (Fsp3) is 0.235. The first-order valence-corrected chi connectivity index (χ1v) is 6.79. The molecule has 0 N–H and O–H groups in total. The van der Waals surface area contributed by atoms with Crippen LogP contribution in [0, 0.1) is 17.2 Å². The van der Waals surface area contributed by atoms with Gasteiger partial charge in [0, 0.05) is 13.2 Å². The molecule has 0 saturated carbocycles. The van der Waals surface area contributed by atoms with Gasteiger partial charge in [0.1, 0.15) is 5.92 Å². The quantitative estimate of drug-likeness (QED) is 0.844. The molecule has 21 heavy (non-hydrogen) atoms. The minimum atomic E-state index is -0.666. The summed E-state index contributed by atoms with van der Waals surface area (Å²) in [6, 6.07) is 17.3. The van der Waals surface area contributed by atoms with E-state index in [1.807, 2.05) is 48.5 Å². The van der Waals surface area contributed by atoms with Crippen LogP contribution in [-0.2, 0) is 17.8 Å². The predicted octanol–water partition coefficient (Wildman–Crippen LogP) is 2.42. The molecule has 106 valence electrons. The Kier molecular flexibility index (Phi) is 5.05. The van der Waals surface area contributed by atoms with E-state index in [9.17, 15) is 10.1 Å². The standard InChI is InChI=1S/C17H17N3O/c1-20(13-16-9-5-6-10-19-16)17(21)15(12-18)11-14-7-3-2-4-8-14/h2-10,15H,11,13H2,1H3. The highest BCUT2D eigenvalue weighted by Gasteiger charge is 2.22. The highest BCUT2D eigenvalue weighted by atomic mass is 16.2. The third-order valence-electron chi connectivity index (χ3n) is 3.24. The molecule has 0 aliphatic carbocycles. The molecule has 1 aromatic carbocycles. The Labute approximate surface area is 124 Å². The number of hydrogen-bond donors (Lipinski definition) is 0. The molecule has 1 unspecified atom stereocenters. The number of nitriles is 1. The Morgan fingerprint density at radius 2 is 1.95 bits per heavy atom. The molecule has 0 radical (unpaired) electrons. The Morgan fingerprint density at radius 1 is 1.24 bits per heavy atom. The summed E-state index contributed by atoms with van der Waals surface area (Å²) in [6.45, 7) is 0.409. The third-order valence-corrected chi connectivity index (χ3v) is 3.24. The van der Waals surface area contributed by atoms with Crippen molar-refractivity contribution in [2.45, 2.75) is 13.0 Å². The summed E-state index contributed by atoms with van der Waals surface area (Å²) in [4.78, 5) is 18.1. The van der Waals surface area contributed by atoms with Crippen LogP contribution in [0.1, 0.15) is 11.3 Å². The Morgan fingerprint density at radius 3 is 2.57 bits per heavy atom. The Bertz CT molecular complexity index is 619. The summed E-state index contributed by atoms with van der Waals surface area (Å²) in [5.74, 6) is -0.840. The maximum atomic E-state index is 12.4. The number of benzene rings is 1. The minimum absolute atomic E-state index is 0.174. The number of hydrogen-bond acceptors (Lipinski definition) is 3. The molecule has 0 spiro atoms. The van der Waals surface area contributed by atoms with Crippen LogP contribution in [0.2, 0.25) is 0 Å². The first-order chi connectivity index (χ1) is 10.2. The van der Waals surface area contributed by atoms with Crippen molar-refractivity contribution in [1.29, 1.82) is 5.26 Å². The van der Waals surface area contributed by atoms with Gasteiger partial charge in [0.2, 0.25) is 5.91 Å². The van der Waals surface area contributed by atoms with Crippen molar-refractivity contribution in [2.75, 3.05) is 7.05 Å². The predicted molar refractivity (Wildman–Crippen MR) is 80.0 cm³/mol. The second kappa shape index (κ2) is 7.20. The molecule has 1 heterocycles. The average molecular weight is 279 g/mol. The van der Waals surface area contributed by atoms with Crippen LogP contribution in [-0.4, -0.2) is 22.8 Å². The van der Waals surface area contributed by atoms with Crippen molar-refractivity contribution in [3.63, 3.8) is 0 Å². The van der Waals surface area contributed by atoms with E-state index in [0.717, 1.165) is 11.3 Å². The van der Waals surface area contributed by atoms with Gasteiger partial charge in [-0.2, -0.15) is 5.26 Å². The normalized spacial score (nSPS) is 11.4. The van der Waals surface area contributed by atoms with Crippen LogP contribution in [0.25, 0.3) is 0 Å². The van der Waals surface area contributed by atoms with Crippen LogP contribution in [0.5, 0.6) is 0 Å². The lowest BCUT2D eigenvalue weighted by molar-refractivity contribution is -0.133. The Balaban J connectivity index is 2.01. The molecule has 0 saturated heterocycles. The molecule has 1 aromatic heterocycles. The van der Waals surface area contributed by atoms with Crippen molar-refractivity contribution in [3.05, 3.63) is 66.0 Å². The number of carbonyl (C=O) groups is 1. The SMILES string of the molecule is CN(Cc1ccccn1)C(=O)C(C#N)Cc1ccccc1. The molecular weight excluding hydrogens is 262 g/mol. The molecule has 0 bridgehead atoms. The van der Waals surface area contributed by atoms with Gasteiger partial charge in [-0.1, -0.05) is 36.4 Å². The molecule has 0 aliphatic rings. The van der Waals surface area contributed by atoms with E-state index in [0.29, 0.717) is 13.0 Å². The monoisotopic (exact) mass is 279 g/mol. The summed E-state index contributed by atoms with van der Waals surface area (Å²) in [6.07, 6.45) is 2.13. The largest absolute Gasteiger partial charge is 0.339 e. The molecule has 4 nitrogen and oxygen atoms in total. The van der Waals surface area contributed by atoms with Crippen LogP contribution in [0.15, 0.2) is 54.7 Å². The lowest BCUT2D eigenvalue weighted by Gasteiger charge is -2.19. The van der Waals surface area contributed by atoms with Gasteiger partial charge in [-0.25, -0.2) is 0 Å². The molecule has 4 heteroatoms. The molecular formula is C17H17N3O. The maximum absolute atomic E-state index is 12.4. The van der Waals surface area contributed by atoms with Crippen LogP contribution < -0.4 is 0 Å². The smallest absolute Gasteiger partial charge is 0.240 e. The van der Waals surface area contributed by atoms with E-state index in [1.165, 1.54) is 0 Å². The molecule has 1 amide bonds. The first-order valence-electron chi connectivity index (χ1n) is 6.79. The Hall–Kier alpha value is -2.67. The van der Waals surface area contributed by atoms with Crippen molar-refractivity contribution in [2.24, 2.45) is 5.92 Å². The van der Waals surface area contributed by atoms with E-state index in [4.69, 9.17) is 0 Å². The summed E-state index contributed by atoms with van der Waals surface area (Å²) in [7, 11) is 1.70. The average Bonchev–Trinajstić information content (AvgIpc) is 2.54. The molecule has 2 rings (SSSR count). The summed E-state index contributed by atoms with van der Waals surface area (Å²) >= 11 is 0. The van der Waals surface area contributed by atoms with Gasteiger partial charge in [0.15, 0.2) is 0 Å². The fourth-order valence-electron chi connectivity index (χ4n) is 2.12. The summed E-state index contributed by atoms with van der Waals surface area (Å²) in [5, 5.41) is 9.26. The van der Waals surface area contributed by atoms with Gasteiger partial charge < -0.3 is 4.90 Å². The highest BCUT2D eigenvalue weighted by molar-refractivity contribution is 5.81. The highest BCUT2D eigenvalue weighted by Crippen LogP contribution is 2.12. The van der Waals surface area contributed by atoms with Crippen molar-refractivity contribution in [3.8, 4) is 6.07 Å². The van der Waals surface area contributed by atoms with Gasteiger partial charge in [0.05, 0.1) is 18.3 Å². The van der Waals surface area contributed by atoms with Gasteiger partial charge in [-0.15, -0.1) is 0 Å². The van der Waals surface area contributed by atoms with Gasteiger partial charge in [0.25, 0.3) is 0 Å². The van der Waals surface area contributed by atoms with Crippen molar-refractivity contribution in [1.82, 2.24) is 9.88 Å². The number of pyridine rings is 1. The van der Waals surface area contributed by atoms with E-state index in [-0.39, 0.29) is 5.91 Å². The summed E-state index contributed by atoms with van der Waals surface area (Å²) in [5.41, 5.74) is 1.80. The molecule has 2 aromatic rings. The van der Waals surface area contributed by atoms with Gasteiger partial charge in [-0.3, -0.25) is 9.78 Å².